The number of hydrogen-bond acceptors (Lipinski definition) is 5. The molecule has 1 heterocycles. The van der Waals surface area contributed by atoms with Gasteiger partial charge in [0.15, 0.2) is 0 Å². The van der Waals surface area contributed by atoms with Crippen LogP contribution >= 0.6 is 0 Å². The van der Waals surface area contributed by atoms with E-state index in [1.54, 1.807) is 50.8 Å². The van der Waals surface area contributed by atoms with E-state index in [0.717, 1.165) is 16.8 Å². The number of amides is 2. The molecule has 0 atom stereocenters. The second kappa shape index (κ2) is 9.04. The highest BCUT2D eigenvalue weighted by molar-refractivity contribution is 6.00. The second-order valence-electron chi connectivity index (χ2n) is 6.66. The van der Waals surface area contributed by atoms with E-state index in [9.17, 15) is 4.79 Å². The molecule has 0 fully saturated rings. The highest BCUT2D eigenvalue weighted by Gasteiger charge is 2.10. The van der Waals surface area contributed by atoms with Crippen molar-refractivity contribution in [2.75, 3.05) is 24.9 Å². The van der Waals surface area contributed by atoms with Crippen molar-refractivity contribution < 1.29 is 18.7 Å². The van der Waals surface area contributed by atoms with Crippen molar-refractivity contribution in [1.29, 1.82) is 0 Å². The van der Waals surface area contributed by atoms with E-state index in [4.69, 9.17) is 13.9 Å². The maximum atomic E-state index is 12.4. The van der Waals surface area contributed by atoms with Gasteiger partial charge in [-0.25, -0.2) is 9.78 Å². The van der Waals surface area contributed by atoms with E-state index >= 15 is 0 Å². The van der Waals surface area contributed by atoms with Gasteiger partial charge in [0, 0.05) is 40.7 Å². The number of nitrogens with zero attached hydrogens (tertiary/aromatic N) is 1. The first-order valence-corrected chi connectivity index (χ1v) is 9.57. The maximum Gasteiger partial charge on any atom is 0.323 e. The Hall–Kier alpha value is -4.26. The maximum absolute atomic E-state index is 12.4. The molecule has 0 saturated heterocycles. The zero-order chi connectivity index (χ0) is 21.6. The molecule has 4 rings (SSSR count). The van der Waals surface area contributed by atoms with Crippen LogP contribution in [0.25, 0.3) is 22.7 Å². The van der Waals surface area contributed by atoms with Gasteiger partial charge in [-0.2, -0.15) is 0 Å². The van der Waals surface area contributed by atoms with Gasteiger partial charge in [0.1, 0.15) is 23.5 Å². The summed E-state index contributed by atoms with van der Waals surface area (Å²) in [6.07, 6.45) is 1.63. The Morgan fingerprint density at radius 1 is 0.806 bits per heavy atom. The van der Waals surface area contributed by atoms with Crippen molar-refractivity contribution in [3.8, 4) is 34.2 Å². The Balaban J connectivity index is 1.42. The summed E-state index contributed by atoms with van der Waals surface area (Å²) in [5.41, 5.74) is 3.75. The van der Waals surface area contributed by atoms with Crippen LogP contribution in [0.1, 0.15) is 0 Å². The Bertz CT molecular complexity index is 1150. The molecule has 0 radical (unpaired) electrons. The Morgan fingerprint density at radius 3 is 2.10 bits per heavy atom. The third-order valence-corrected chi connectivity index (χ3v) is 4.57. The van der Waals surface area contributed by atoms with E-state index < -0.39 is 0 Å². The molecule has 31 heavy (non-hydrogen) atoms. The number of oxazole rings is 1. The topological polar surface area (TPSA) is 85.6 Å². The summed E-state index contributed by atoms with van der Waals surface area (Å²) in [4.78, 5) is 16.9. The van der Waals surface area contributed by atoms with Gasteiger partial charge in [-0.3, -0.25) is 0 Å². The summed E-state index contributed by atoms with van der Waals surface area (Å²) in [6.45, 7) is 0. The second-order valence-corrected chi connectivity index (χ2v) is 6.66. The molecule has 156 valence electrons. The van der Waals surface area contributed by atoms with Gasteiger partial charge in [-0.1, -0.05) is 30.3 Å². The number of nitrogens with one attached hydrogen (secondary N) is 2. The molecule has 0 saturated carbocycles. The predicted molar refractivity (Wildman–Crippen MR) is 120 cm³/mol. The van der Waals surface area contributed by atoms with Crippen molar-refractivity contribution in [3.63, 3.8) is 0 Å². The van der Waals surface area contributed by atoms with Crippen molar-refractivity contribution in [2.45, 2.75) is 0 Å². The van der Waals surface area contributed by atoms with Gasteiger partial charge in [-0.15, -0.1) is 0 Å². The molecule has 0 aliphatic carbocycles. The molecule has 2 N–H and O–H groups in total. The number of ether oxygens (including phenoxy) is 2. The van der Waals surface area contributed by atoms with E-state index in [2.05, 4.69) is 15.6 Å². The molecule has 1 aromatic heterocycles. The average Bonchev–Trinajstić information content (AvgIpc) is 3.30. The first-order chi connectivity index (χ1) is 15.1. The minimum Gasteiger partial charge on any atom is -0.497 e. The molecule has 0 aliphatic heterocycles. The van der Waals surface area contributed by atoms with Gasteiger partial charge in [0.25, 0.3) is 0 Å². The van der Waals surface area contributed by atoms with Crippen LogP contribution in [0.3, 0.4) is 0 Å². The number of benzene rings is 3. The van der Waals surface area contributed by atoms with E-state index in [1.807, 2.05) is 42.5 Å². The summed E-state index contributed by atoms with van der Waals surface area (Å²) in [5, 5.41) is 5.56. The van der Waals surface area contributed by atoms with Gasteiger partial charge in [0.2, 0.25) is 5.89 Å². The first kappa shape index (κ1) is 20.0. The van der Waals surface area contributed by atoms with Crippen LogP contribution in [0.15, 0.2) is 83.5 Å². The lowest BCUT2D eigenvalue weighted by Crippen LogP contribution is -2.19. The van der Waals surface area contributed by atoms with E-state index in [1.165, 1.54) is 0 Å². The molecule has 0 aliphatic rings. The quantitative estimate of drug-likeness (QED) is 0.424. The van der Waals surface area contributed by atoms with E-state index in [-0.39, 0.29) is 6.03 Å². The van der Waals surface area contributed by atoms with Crippen molar-refractivity contribution >= 4 is 17.4 Å². The smallest absolute Gasteiger partial charge is 0.323 e. The standard InChI is InChI=1S/C24H21N3O4/c1-29-20-12-19(13-21(14-20)30-2)26-24(28)25-18-10-8-17(9-11-18)23-27-22(15-31-23)16-6-4-3-5-7-16/h3-15H,1-2H3,(H2,25,26,28). The third-order valence-electron chi connectivity index (χ3n) is 4.57. The van der Waals surface area contributed by atoms with Crippen LogP contribution in [0, 0.1) is 0 Å². The van der Waals surface area contributed by atoms with Crippen LogP contribution < -0.4 is 20.1 Å². The lowest BCUT2D eigenvalue weighted by atomic mass is 10.2. The fourth-order valence-electron chi connectivity index (χ4n) is 3.02. The van der Waals surface area contributed by atoms with Gasteiger partial charge in [-0.05, 0) is 24.3 Å². The zero-order valence-electron chi connectivity index (χ0n) is 17.1. The molecule has 3 aromatic carbocycles. The molecular weight excluding hydrogens is 394 g/mol. The van der Waals surface area contributed by atoms with E-state index in [0.29, 0.717) is 28.8 Å². The molecule has 2 amide bonds. The molecule has 0 spiro atoms. The number of anilines is 2. The lowest BCUT2D eigenvalue weighted by Gasteiger charge is -2.11. The summed E-state index contributed by atoms with van der Waals surface area (Å²) in [7, 11) is 3.10. The van der Waals surface area contributed by atoms with Crippen LogP contribution in [-0.4, -0.2) is 25.2 Å². The highest BCUT2D eigenvalue weighted by Crippen LogP contribution is 2.27. The van der Waals surface area contributed by atoms with Crippen LogP contribution in [-0.2, 0) is 0 Å². The SMILES string of the molecule is COc1cc(NC(=O)Nc2ccc(-c3nc(-c4ccccc4)co3)cc2)cc(OC)c1. The normalized spacial score (nSPS) is 10.4. The highest BCUT2D eigenvalue weighted by atomic mass is 16.5. The molecule has 0 bridgehead atoms. The molecule has 4 aromatic rings. The Kier molecular flexibility index (Phi) is 5.84. The number of hydrogen-bond donors (Lipinski definition) is 2. The fourth-order valence-corrected chi connectivity index (χ4v) is 3.02. The minimum atomic E-state index is -0.384. The van der Waals surface area contributed by atoms with Crippen LogP contribution in [0.5, 0.6) is 11.5 Å². The first-order valence-electron chi connectivity index (χ1n) is 9.57. The van der Waals surface area contributed by atoms with Gasteiger partial charge in [0.05, 0.1) is 14.2 Å². The van der Waals surface area contributed by atoms with Crippen molar-refractivity contribution in [1.82, 2.24) is 4.98 Å². The van der Waals surface area contributed by atoms with Crippen LogP contribution in [0.2, 0.25) is 0 Å². The molecule has 7 heteroatoms. The fraction of sp³-hybridized carbons (Fsp3) is 0.0833. The molecule has 0 unspecified atom stereocenters. The monoisotopic (exact) mass is 415 g/mol. The summed E-state index contributed by atoms with van der Waals surface area (Å²) >= 11 is 0. The molecule has 7 nitrogen and oxygen atoms in total. The average molecular weight is 415 g/mol. The number of rotatable bonds is 6. The van der Waals surface area contributed by atoms with Crippen molar-refractivity contribution in [3.05, 3.63) is 79.1 Å². The summed E-state index contributed by atoms with van der Waals surface area (Å²) in [5.74, 6) is 1.68. The summed E-state index contributed by atoms with van der Waals surface area (Å²) < 4.78 is 16.0. The number of carbonyl (C=O) groups is 1. The minimum absolute atomic E-state index is 0.384. The summed E-state index contributed by atoms with van der Waals surface area (Å²) in [6, 6.07) is 21.8. The van der Waals surface area contributed by atoms with Crippen LogP contribution in [0.4, 0.5) is 16.2 Å². The number of aromatic nitrogens is 1. The van der Waals surface area contributed by atoms with Gasteiger partial charge < -0.3 is 24.5 Å². The number of urea groups is 1. The number of methoxy groups -OCH3 is 2. The number of carbonyl (C=O) groups excluding carboxylic acids is 1. The third kappa shape index (κ3) is 4.84. The van der Waals surface area contributed by atoms with Gasteiger partial charge >= 0.3 is 6.03 Å². The largest absolute Gasteiger partial charge is 0.497 e. The lowest BCUT2D eigenvalue weighted by molar-refractivity contribution is 0.262. The molecular formula is C24H21N3O4. The predicted octanol–water partition coefficient (Wildman–Crippen LogP) is 5.67. The van der Waals surface area contributed by atoms with Crippen molar-refractivity contribution in [2.24, 2.45) is 0 Å². The Morgan fingerprint density at radius 2 is 1.45 bits per heavy atom. The Labute approximate surface area is 179 Å². The zero-order valence-corrected chi connectivity index (χ0v) is 17.1.